The van der Waals surface area contributed by atoms with Gasteiger partial charge >= 0.3 is 0 Å². The Bertz CT molecular complexity index is 477. The quantitative estimate of drug-likeness (QED) is 0.699. The maximum atomic E-state index is 11.7. The highest BCUT2D eigenvalue weighted by Crippen LogP contribution is 1.96. The molecule has 0 aromatic carbocycles. The van der Waals surface area contributed by atoms with Crippen LogP contribution in [0.1, 0.15) is 16.3 Å². The molecule has 0 saturated carbocycles. The zero-order valence-electron chi connectivity index (χ0n) is 9.04. The van der Waals surface area contributed by atoms with Gasteiger partial charge in [0, 0.05) is 19.3 Å². The first kappa shape index (κ1) is 11.3. The van der Waals surface area contributed by atoms with Crippen molar-refractivity contribution in [2.45, 2.75) is 13.1 Å². The number of nitrogens with two attached hydrogens (primary N) is 1. The van der Waals surface area contributed by atoms with E-state index in [0.29, 0.717) is 24.6 Å². The van der Waals surface area contributed by atoms with Gasteiger partial charge in [-0.1, -0.05) is 5.16 Å². The number of amides is 1. The van der Waals surface area contributed by atoms with Gasteiger partial charge in [-0.3, -0.25) is 4.79 Å². The van der Waals surface area contributed by atoms with E-state index in [1.807, 2.05) is 0 Å². The number of aromatic nitrogens is 4. The predicted octanol–water partition coefficient (Wildman–Crippen LogP) is -0.845. The zero-order chi connectivity index (χ0) is 12.1. The van der Waals surface area contributed by atoms with E-state index in [2.05, 4.69) is 25.0 Å². The minimum absolute atomic E-state index is 0.207. The molecule has 0 aliphatic heterocycles. The summed E-state index contributed by atoms with van der Waals surface area (Å²) in [4.78, 5) is 19.4. The van der Waals surface area contributed by atoms with Crippen LogP contribution in [0.15, 0.2) is 23.4 Å². The van der Waals surface area contributed by atoms with Gasteiger partial charge in [0.1, 0.15) is 5.69 Å². The number of carbonyl (C=O) groups is 1. The standard InChI is InChI=1S/C9H12N6O2/c10-1-2-15-4-7(12-5-15)9(16)11-3-8-13-6-17-14-8/h4-6H,1-3,10H2,(H,11,16). The van der Waals surface area contributed by atoms with Crippen molar-refractivity contribution >= 4 is 5.91 Å². The van der Waals surface area contributed by atoms with Crippen LogP contribution in [0.4, 0.5) is 0 Å². The van der Waals surface area contributed by atoms with Gasteiger partial charge in [-0.15, -0.1) is 0 Å². The fraction of sp³-hybridized carbons (Fsp3) is 0.333. The minimum atomic E-state index is -0.287. The lowest BCUT2D eigenvalue weighted by Gasteiger charge is -1.98. The first-order chi connectivity index (χ1) is 8.29. The summed E-state index contributed by atoms with van der Waals surface area (Å²) in [5.41, 5.74) is 5.73. The number of rotatable bonds is 5. The maximum absolute atomic E-state index is 11.7. The first-order valence-corrected chi connectivity index (χ1v) is 5.05. The smallest absolute Gasteiger partial charge is 0.271 e. The molecule has 2 aromatic rings. The van der Waals surface area contributed by atoms with Gasteiger partial charge in [-0.2, -0.15) is 4.98 Å². The molecule has 0 radical (unpaired) electrons. The van der Waals surface area contributed by atoms with Crippen LogP contribution < -0.4 is 11.1 Å². The summed E-state index contributed by atoms with van der Waals surface area (Å²) in [7, 11) is 0. The third-order valence-corrected chi connectivity index (χ3v) is 2.07. The van der Waals surface area contributed by atoms with Crippen LogP contribution in [0.3, 0.4) is 0 Å². The first-order valence-electron chi connectivity index (χ1n) is 5.05. The van der Waals surface area contributed by atoms with E-state index in [9.17, 15) is 4.79 Å². The largest absolute Gasteiger partial charge is 0.343 e. The van der Waals surface area contributed by atoms with Gasteiger partial charge in [-0.05, 0) is 0 Å². The molecule has 1 amide bonds. The van der Waals surface area contributed by atoms with Crippen LogP contribution in [0.5, 0.6) is 0 Å². The average molecular weight is 236 g/mol. The molecule has 2 aromatic heterocycles. The van der Waals surface area contributed by atoms with Crippen molar-refractivity contribution in [3.63, 3.8) is 0 Å². The summed E-state index contributed by atoms with van der Waals surface area (Å²) in [6, 6.07) is 0. The second-order valence-electron chi connectivity index (χ2n) is 3.32. The molecule has 0 aliphatic rings. The highest BCUT2D eigenvalue weighted by atomic mass is 16.5. The van der Waals surface area contributed by atoms with Gasteiger partial charge in [0.2, 0.25) is 6.39 Å². The summed E-state index contributed by atoms with van der Waals surface area (Å²) >= 11 is 0. The molecule has 2 rings (SSSR count). The second kappa shape index (κ2) is 5.21. The summed E-state index contributed by atoms with van der Waals surface area (Å²) in [6.45, 7) is 1.34. The van der Waals surface area contributed by atoms with E-state index in [-0.39, 0.29) is 12.5 Å². The Kier molecular flexibility index (Phi) is 3.46. The Morgan fingerprint density at radius 2 is 2.41 bits per heavy atom. The molecule has 17 heavy (non-hydrogen) atoms. The molecule has 0 saturated heterocycles. The van der Waals surface area contributed by atoms with E-state index in [0.717, 1.165) is 0 Å². The Hall–Kier alpha value is -2.22. The summed E-state index contributed by atoms with van der Waals surface area (Å²) in [6.07, 6.45) is 4.41. The van der Waals surface area contributed by atoms with Crippen molar-refractivity contribution in [3.8, 4) is 0 Å². The summed E-state index contributed by atoms with van der Waals surface area (Å²) in [5, 5.41) is 6.20. The molecule has 0 aliphatic carbocycles. The van der Waals surface area contributed by atoms with Gasteiger partial charge in [0.25, 0.3) is 5.91 Å². The fourth-order valence-electron chi connectivity index (χ4n) is 1.27. The maximum Gasteiger partial charge on any atom is 0.271 e. The molecule has 2 heterocycles. The highest BCUT2D eigenvalue weighted by molar-refractivity contribution is 5.91. The molecular weight excluding hydrogens is 224 g/mol. The molecule has 8 heteroatoms. The van der Waals surface area contributed by atoms with E-state index in [1.54, 1.807) is 17.1 Å². The van der Waals surface area contributed by atoms with Gasteiger partial charge in [0.15, 0.2) is 5.82 Å². The van der Waals surface area contributed by atoms with Crippen molar-refractivity contribution in [1.82, 2.24) is 25.0 Å². The van der Waals surface area contributed by atoms with Crippen LogP contribution in [0.25, 0.3) is 0 Å². The molecule has 8 nitrogen and oxygen atoms in total. The Morgan fingerprint density at radius 3 is 3.12 bits per heavy atom. The Balaban J connectivity index is 1.90. The molecular formula is C9H12N6O2. The summed E-state index contributed by atoms with van der Waals surface area (Å²) in [5.74, 6) is 0.130. The van der Waals surface area contributed by atoms with Crippen molar-refractivity contribution in [3.05, 3.63) is 30.4 Å². The fourth-order valence-corrected chi connectivity index (χ4v) is 1.27. The van der Waals surface area contributed by atoms with E-state index in [1.165, 1.54) is 6.39 Å². The highest BCUT2D eigenvalue weighted by Gasteiger charge is 2.09. The third kappa shape index (κ3) is 2.88. The molecule has 3 N–H and O–H groups in total. The SMILES string of the molecule is NCCn1cnc(C(=O)NCc2ncon2)c1. The van der Waals surface area contributed by atoms with Crippen LogP contribution in [0, 0.1) is 0 Å². The number of hydrogen-bond donors (Lipinski definition) is 2. The lowest BCUT2D eigenvalue weighted by Crippen LogP contribution is -2.23. The molecule has 0 bridgehead atoms. The van der Waals surface area contributed by atoms with Crippen molar-refractivity contribution in [2.75, 3.05) is 6.54 Å². The number of hydrogen-bond acceptors (Lipinski definition) is 6. The van der Waals surface area contributed by atoms with Crippen molar-refractivity contribution in [1.29, 1.82) is 0 Å². The Labute approximate surface area is 96.8 Å². The number of nitrogens with one attached hydrogen (secondary N) is 1. The lowest BCUT2D eigenvalue weighted by atomic mass is 10.4. The topological polar surface area (TPSA) is 112 Å². The van der Waals surface area contributed by atoms with E-state index < -0.39 is 0 Å². The number of nitrogens with zero attached hydrogens (tertiary/aromatic N) is 4. The van der Waals surface area contributed by atoms with Crippen LogP contribution >= 0.6 is 0 Å². The molecule has 0 fully saturated rings. The van der Waals surface area contributed by atoms with Crippen LogP contribution in [-0.4, -0.2) is 32.1 Å². The second-order valence-corrected chi connectivity index (χ2v) is 3.32. The van der Waals surface area contributed by atoms with Gasteiger partial charge < -0.3 is 20.1 Å². The van der Waals surface area contributed by atoms with E-state index in [4.69, 9.17) is 5.73 Å². The van der Waals surface area contributed by atoms with Gasteiger partial charge in [-0.25, -0.2) is 4.98 Å². The Morgan fingerprint density at radius 1 is 1.53 bits per heavy atom. The van der Waals surface area contributed by atoms with Crippen LogP contribution in [-0.2, 0) is 13.1 Å². The predicted molar refractivity (Wildman–Crippen MR) is 56.7 cm³/mol. The van der Waals surface area contributed by atoms with Crippen molar-refractivity contribution < 1.29 is 9.32 Å². The van der Waals surface area contributed by atoms with Gasteiger partial charge in [0.05, 0.1) is 12.9 Å². The molecule has 90 valence electrons. The molecule has 0 atom stereocenters. The normalized spacial score (nSPS) is 10.4. The van der Waals surface area contributed by atoms with E-state index >= 15 is 0 Å². The average Bonchev–Trinajstić information content (AvgIpc) is 2.97. The molecule has 0 unspecified atom stereocenters. The number of imidazole rings is 1. The minimum Gasteiger partial charge on any atom is -0.343 e. The van der Waals surface area contributed by atoms with Crippen molar-refractivity contribution in [2.24, 2.45) is 5.73 Å². The summed E-state index contributed by atoms with van der Waals surface area (Å²) < 4.78 is 6.30. The lowest BCUT2D eigenvalue weighted by molar-refractivity contribution is 0.0945. The third-order valence-electron chi connectivity index (χ3n) is 2.07. The number of carbonyl (C=O) groups excluding carboxylic acids is 1. The zero-order valence-corrected chi connectivity index (χ0v) is 9.04. The monoisotopic (exact) mass is 236 g/mol. The molecule has 0 spiro atoms. The van der Waals surface area contributed by atoms with Crippen LogP contribution in [0.2, 0.25) is 0 Å².